The highest BCUT2D eigenvalue weighted by Gasteiger charge is 2.26. The van der Waals surface area contributed by atoms with Gasteiger partial charge in [-0.15, -0.1) is 0 Å². The Morgan fingerprint density at radius 2 is 2.10 bits per heavy atom. The number of piperidine rings is 1. The lowest BCUT2D eigenvalue weighted by atomic mass is 10.0. The molecule has 1 aromatic rings. The average Bonchev–Trinajstić information content (AvgIpc) is 2.48. The first-order valence-electron chi connectivity index (χ1n) is 7.50. The first-order valence-corrected chi connectivity index (χ1v) is 8.94. The Morgan fingerprint density at radius 1 is 1.33 bits per heavy atom. The quantitative estimate of drug-likeness (QED) is 0.784. The molecule has 0 bridgehead atoms. The predicted molar refractivity (Wildman–Crippen MR) is 83.4 cm³/mol. The van der Waals surface area contributed by atoms with Gasteiger partial charge in [-0.25, -0.2) is 4.72 Å². The lowest BCUT2D eigenvalue weighted by molar-refractivity contribution is 0.276. The summed E-state index contributed by atoms with van der Waals surface area (Å²) in [4.78, 5) is 0. The Kier molecular flexibility index (Phi) is 6.02. The minimum Gasteiger partial charge on any atom is -0.494 e. The number of nitrogens with zero attached hydrogens (tertiary/aromatic N) is 1. The number of ether oxygens (including phenoxy) is 1. The molecule has 6 heteroatoms. The zero-order valence-corrected chi connectivity index (χ0v) is 13.3. The number of para-hydroxylation sites is 1. The topological polar surface area (TPSA) is 58.6 Å². The molecular weight excluding hydrogens is 288 g/mol. The van der Waals surface area contributed by atoms with Gasteiger partial charge in [0.2, 0.25) is 0 Å². The van der Waals surface area contributed by atoms with Crippen molar-refractivity contribution in [2.45, 2.75) is 26.2 Å². The summed E-state index contributed by atoms with van der Waals surface area (Å²) in [7, 11) is -3.33. The van der Waals surface area contributed by atoms with E-state index >= 15 is 0 Å². The van der Waals surface area contributed by atoms with Crippen molar-refractivity contribution in [1.82, 2.24) is 9.03 Å². The molecular formula is C15H24N2O3S. The minimum atomic E-state index is -3.33. The molecule has 1 N–H and O–H groups in total. The molecule has 1 aliphatic rings. The van der Waals surface area contributed by atoms with Gasteiger partial charge in [-0.3, -0.25) is 0 Å². The van der Waals surface area contributed by atoms with Crippen LogP contribution in [0.25, 0.3) is 0 Å². The summed E-state index contributed by atoms with van der Waals surface area (Å²) in [5.74, 6) is 1.25. The number of nitrogens with one attached hydrogen (secondary N) is 1. The van der Waals surface area contributed by atoms with Crippen LogP contribution in [0.2, 0.25) is 0 Å². The Labute approximate surface area is 127 Å². The van der Waals surface area contributed by atoms with Crippen molar-refractivity contribution in [2.75, 3.05) is 26.2 Å². The molecule has 1 aliphatic heterocycles. The van der Waals surface area contributed by atoms with E-state index in [1.165, 1.54) is 0 Å². The zero-order valence-electron chi connectivity index (χ0n) is 12.5. The van der Waals surface area contributed by atoms with Gasteiger partial charge in [-0.1, -0.05) is 25.1 Å². The molecule has 1 saturated heterocycles. The second-order valence-corrected chi connectivity index (χ2v) is 7.28. The minimum absolute atomic E-state index is 0.403. The molecule has 0 saturated carbocycles. The maximum Gasteiger partial charge on any atom is 0.279 e. The number of rotatable bonds is 7. The van der Waals surface area contributed by atoms with Gasteiger partial charge in [0.05, 0.1) is 6.61 Å². The van der Waals surface area contributed by atoms with E-state index in [2.05, 4.69) is 11.6 Å². The van der Waals surface area contributed by atoms with Gasteiger partial charge in [0.1, 0.15) is 5.75 Å². The summed E-state index contributed by atoms with van der Waals surface area (Å²) in [5.41, 5.74) is 0. The highest BCUT2D eigenvalue weighted by atomic mass is 32.2. The Morgan fingerprint density at radius 3 is 2.81 bits per heavy atom. The lowest BCUT2D eigenvalue weighted by Crippen LogP contribution is -2.45. The Balaban J connectivity index is 1.67. The van der Waals surface area contributed by atoms with E-state index in [9.17, 15) is 8.42 Å². The summed E-state index contributed by atoms with van der Waals surface area (Å²) in [5, 5.41) is 0. The zero-order chi connectivity index (χ0) is 15.1. The van der Waals surface area contributed by atoms with Crippen LogP contribution in [0.3, 0.4) is 0 Å². The third-order valence-corrected chi connectivity index (χ3v) is 5.16. The highest BCUT2D eigenvalue weighted by molar-refractivity contribution is 7.87. The first-order chi connectivity index (χ1) is 10.1. The van der Waals surface area contributed by atoms with E-state index < -0.39 is 10.2 Å². The van der Waals surface area contributed by atoms with Crippen LogP contribution in [0, 0.1) is 5.92 Å². The lowest BCUT2D eigenvalue weighted by Gasteiger charge is -2.29. The molecule has 21 heavy (non-hydrogen) atoms. The second-order valence-electron chi connectivity index (χ2n) is 5.52. The van der Waals surface area contributed by atoms with E-state index in [1.807, 2.05) is 30.3 Å². The van der Waals surface area contributed by atoms with Gasteiger partial charge in [0.15, 0.2) is 0 Å². The van der Waals surface area contributed by atoms with Crippen LogP contribution in [0.1, 0.15) is 26.2 Å². The third kappa shape index (κ3) is 5.30. The fourth-order valence-corrected chi connectivity index (χ4v) is 3.84. The van der Waals surface area contributed by atoms with Gasteiger partial charge >= 0.3 is 0 Å². The molecule has 1 heterocycles. The average molecular weight is 312 g/mol. The molecule has 0 aliphatic carbocycles. The van der Waals surface area contributed by atoms with Crippen molar-refractivity contribution in [3.05, 3.63) is 30.3 Å². The summed E-state index contributed by atoms with van der Waals surface area (Å²) >= 11 is 0. The molecule has 1 unspecified atom stereocenters. The first kappa shape index (κ1) is 16.3. The molecule has 0 radical (unpaired) electrons. The molecule has 1 atom stereocenters. The van der Waals surface area contributed by atoms with Gasteiger partial charge in [-0.2, -0.15) is 12.7 Å². The van der Waals surface area contributed by atoms with Gasteiger partial charge in [0.25, 0.3) is 10.2 Å². The van der Waals surface area contributed by atoms with Crippen molar-refractivity contribution in [3.63, 3.8) is 0 Å². The summed E-state index contributed by atoms with van der Waals surface area (Å²) in [6.07, 6.45) is 2.70. The van der Waals surface area contributed by atoms with Gasteiger partial charge in [-0.05, 0) is 37.3 Å². The molecule has 1 fully saturated rings. The van der Waals surface area contributed by atoms with Crippen LogP contribution in [-0.2, 0) is 10.2 Å². The third-order valence-electron chi connectivity index (χ3n) is 3.58. The van der Waals surface area contributed by atoms with Crippen LogP contribution in [0.15, 0.2) is 30.3 Å². The SMILES string of the molecule is CC1CCCN(S(=O)(=O)NCCCOc2ccccc2)C1. The van der Waals surface area contributed by atoms with Crippen LogP contribution in [0.5, 0.6) is 5.75 Å². The van der Waals surface area contributed by atoms with Gasteiger partial charge < -0.3 is 4.74 Å². The number of benzene rings is 1. The Hall–Kier alpha value is -1.11. The van der Waals surface area contributed by atoms with Crippen molar-refractivity contribution in [3.8, 4) is 5.75 Å². The molecule has 1 aromatic carbocycles. The van der Waals surface area contributed by atoms with E-state index in [1.54, 1.807) is 4.31 Å². The van der Waals surface area contributed by atoms with Crippen LogP contribution < -0.4 is 9.46 Å². The van der Waals surface area contributed by atoms with Crippen molar-refractivity contribution in [1.29, 1.82) is 0 Å². The molecule has 5 nitrogen and oxygen atoms in total. The van der Waals surface area contributed by atoms with Crippen LogP contribution in [0.4, 0.5) is 0 Å². The summed E-state index contributed by atoms with van der Waals surface area (Å²) in [6.45, 7) is 4.24. The smallest absolute Gasteiger partial charge is 0.279 e. The fourth-order valence-electron chi connectivity index (χ4n) is 2.44. The molecule has 118 valence electrons. The van der Waals surface area contributed by atoms with Crippen molar-refractivity contribution in [2.24, 2.45) is 5.92 Å². The van der Waals surface area contributed by atoms with E-state index in [4.69, 9.17) is 4.74 Å². The second kappa shape index (κ2) is 7.77. The summed E-state index contributed by atoms with van der Waals surface area (Å²) in [6, 6.07) is 9.53. The summed E-state index contributed by atoms with van der Waals surface area (Å²) < 4.78 is 34.0. The Bertz CT molecular complexity index is 519. The van der Waals surface area contributed by atoms with Crippen LogP contribution >= 0.6 is 0 Å². The van der Waals surface area contributed by atoms with Crippen LogP contribution in [-0.4, -0.2) is 39.0 Å². The van der Waals surface area contributed by atoms with Gasteiger partial charge in [0, 0.05) is 19.6 Å². The molecule has 0 spiro atoms. The normalized spacial score (nSPS) is 20.3. The maximum absolute atomic E-state index is 12.1. The molecule has 2 rings (SSSR count). The van der Waals surface area contributed by atoms with E-state index in [0.717, 1.165) is 18.6 Å². The fraction of sp³-hybridized carbons (Fsp3) is 0.600. The number of hydrogen-bond donors (Lipinski definition) is 1. The monoisotopic (exact) mass is 312 g/mol. The standard InChI is InChI=1S/C15H24N2O3S/c1-14-7-5-11-17(13-14)21(18,19)16-10-6-12-20-15-8-3-2-4-9-15/h2-4,8-9,14,16H,5-7,10-13H2,1H3. The van der Waals surface area contributed by atoms with Crippen molar-refractivity contribution < 1.29 is 13.2 Å². The van der Waals surface area contributed by atoms with E-state index in [-0.39, 0.29) is 0 Å². The molecule has 0 aromatic heterocycles. The molecule has 0 amide bonds. The predicted octanol–water partition coefficient (Wildman–Crippen LogP) is 2.02. The largest absolute Gasteiger partial charge is 0.494 e. The van der Waals surface area contributed by atoms with E-state index in [0.29, 0.717) is 38.6 Å². The van der Waals surface area contributed by atoms with Crippen molar-refractivity contribution >= 4 is 10.2 Å². The number of hydrogen-bond acceptors (Lipinski definition) is 3. The highest BCUT2D eigenvalue weighted by Crippen LogP contribution is 2.17. The maximum atomic E-state index is 12.1.